The average molecular weight is 232 g/mol. The number of fused-ring (bicyclic) bond motifs is 1. The number of likely N-dealkylation sites (N-methyl/N-ethyl adjacent to an activating group) is 1. The molecule has 2 rings (SSSR count). The maximum atomic E-state index is 12.1. The summed E-state index contributed by atoms with van der Waals surface area (Å²) in [4.78, 5) is 23.3. The molecule has 4 heteroatoms. The lowest BCUT2D eigenvalue weighted by Gasteiger charge is -2.13. The summed E-state index contributed by atoms with van der Waals surface area (Å²) in [6.07, 6.45) is 1.12. The van der Waals surface area contributed by atoms with Gasteiger partial charge in [0.25, 0.3) is 0 Å². The summed E-state index contributed by atoms with van der Waals surface area (Å²) in [6.45, 7) is 1.97. The number of anilines is 1. The van der Waals surface area contributed by atoms with E-state index < -0.39 is 0 Å². The van der Waals surface area contributed by atoms with Crippen LogP contribution in [-0.4, -0.2) is 24.8 Å². The Morgan fingerprint density at radius 1 is 1.53 bits per heavy atom. The molecule has 0 bridgehead atoms. The Kier molecular flexibility index (Phi) is 3.24. The van der Waals surface area contributed by atoms with Crippen LogP contribution in [0, 0.1) is 0 Å². The van der Waals surface area contributed by atoms with E-state index in [-0.39, 0.29) is 17.7 Å². The molecule has 0 spiro atoms. The van der Waals surface area contributed by atoms with E-state index in [1.54, 1.807) is 19.2 Å². The van der Waals surface area contributed by atoms with Crippen LogP contribution >= 0.6 is 0 Å². The molecule has 2 N–H and O–H groups in total. The lowest BCUT2D eigenvalue weighted by molar-refractivity contribution is -0.115. The van der Waals surface area contributed by atoms with Crippen LogP contribution in [0.2, 0.25) is 0 Å². The van der Waals surface area contributed by atoms with Crippen molar-refractivity contribution in [3.8, 4) is 0 Å². The average Bonchev–Trinajstić information content (AvgIpc) is 2.69. The van der Waals surface area contributed by atoms with Gasteiger partial charge in [0.15, 0.2) is 5.78 Å². The van der Waals surface area contributed by atoms with Crippen molar-refractivity contribution in [1.29, 1.82) is 0 Å². The van der Waals surface area contributed by atoms with Gasteiger partial charge in [0, 0.05) is 11.3 Å². The molecule has 1 aliphatic heterocycles. The van der Waals surface area contributed by atoms with Crippen molar-refractivity contribution in [2.75, 3.05) is 12.4 Å². The van der Waals surface area contributed by atoms with Crippen LogP contribution in [0.4, 0.5) is 5.69 Å². The lowest BCUT2D eigenvalue weighted by atomic mass is 9.99. The third-order valence-electron chi connectivity index (χ3n) is 3.09. The molecule has 1 unspecified atom stereocenters. The van der Waals surface area contributed by atoms with Crippen molar-refractivity contribution in [3.05, 3.63) is 29.3 Å². The molecule has 17 heavy (non-hydrogen) atoms. The smallest absolute Gasteiger partial charge is 0.228 e. The molecule has 1 aromatic rings. The molecule has 1 aliphatic rings. The minimum Gasteiger partial charge on any atom is -0.326 e. The fourth-order valence-electron chi connectivity index (χ4n) is 2.10. The standard InChI is InChI=1S/C13H16N2O2/c1-3-10(14-2)13(17)8-4-5-11-9(6-8)7-12(16)15-11/h4-6,10,14H,3,7H2,1-2H3,(H,15,16). The number of hydrogen-bond acceptors (Lipinski definition) is 3. The van der Waals surface area contributed by atoms with Crippen molar-refractivity contribution in [2.45, 2.75) is 25.8 Å². The third kappa shape index (κ3) is 2.22. The molecule has 1 amide bonds. The fraction of sp³-hybridized carbons (Fsp3) is 0.385. The van der Waals surface area contributed by atoms with Gasteiger partial charge in [0.2, 0.25) is 5.91 Å². The summed E-state index contributed by atoms with van der Waals surface area (Å²) in [7, 11) is 1.78. The Morgan fingerprint density at radius 3 is 2.94 bits per heavy atom. The van der Waals surface area contributed by atoms with Crippen LogP contribution in [0.25, 0.3) is 0 Å². The second-order valence-corrected chi connectivity index (χ2v) is 4.21. The molecule has 0 saturated carbocycles. The highest BCUT2D eigenvalue weighted by molar-refractivity contribution is 6.03. The van der Waals surface area contributed by atoms with Gasteiger partial charge < -0.3 is 10.6 Å². The van der Waals surface area contributed by atoms with E-state index in [1.165, 1.54) is 0 Å². The van der Waals surface area contributed by atoms with Crippen molar-refractivity contribution in [1.82, 2.24) is 5.32 Å². The summed E-state index contributed by atoms with van der Waals surface area (Å²) in [6, 6.07) is 5.23. The number of carbonyl (C=O) groups excluding carboxylic acids is 2. The highest BCUT2D eigenvalue weighted by atomic mass is 16.2. The second kappa shape index (κ2) is 4.67. The summed E-state index contributed by atoms with van der Waals surface area (Å²) in [5.41, 5.74) is 2.40. The number of benzene rings is 1. The van der Waals surface area contributed by atoms with Gasteiger partial charge >= 0.3 is 0 Å². The van der Waals surface area contributed by atoms with Crippen LogP contribution in [0.15, 0.2) is 18.2 Å². The maximum Gasteiger partial charge on any atom is 0.228 e. The van der Waals surface area contributed by atoms with Crippen LogP contribution in [0.3, 0.4) is 0 Å². The number of hydrogen-bond donors (Lipinski definition) is 2. The Hall–Kier alpha value is -1.68. The molecule has 0 saturated heterocycles. The van der Waals surface area contributed by atoms with Gasteiger partial charge in [0.1, 0.15) is 0 Å². The van der Waals surface area contributed by atoms with Gasteiger partial charge in [-0.2, -0.15) is 0 Å². The summed E-state index contributed by atoms with van der Waals surface area (Å²) >= 11 is 0. The number of amides is 1. The fourth-order valence-corrected chi connectivity index (χ4v) is 2.10. The SMILES string of the molecule is CCC(NC)C(=O)c1ccc2c(c1)CC(=O)N2. The molecule has 1 heterocycles. The van der Waals surface area contributed by atoms with Crippen LogP contribution < -0.4 is 10.6 Å². The second-order valence-electron chi connectivity index (χ2n) is 4.21. The van der Waals surface area contributed by atoms with Gasteiger partial charge in [-0.25, -0.2) is 0 Å². The zero-order chi connectivity index (χ0) is 12.4. The minimum absolute atomic E-state index is 0.00902. The zero-order valence-corrected chi connectivity index (χ0v) is 10.0. The number of Topliss-reactive ketones (excluding diaryl/α,β-unsaturated/α-hetero) is 1. The molecule has 1 aromatic carbocycles. The first-order valence-electron chi connectivity index (χ1n) is 5.80. The van der Waals surface area contributed by atoms with E-state index in [1.807, 2.05) is 13.0 Å². The van der Waals surface area contributed by atoms with Gasteiger partial charge in [-0.3, -0.25) is 9.59 Å². The van der Waals surface area contributed by atoms with Crippen LogP contribution in [0.5, 0.6) is 0 Å². The minimum atomic E-state index is -0.155. The summed E-state index contributed by atoms with van der Waals surface area (Å²) in [5.74, 6) is 0.0717. The van der Waals surface area contributed by atoms with Crippen molar-refractivity contribution >= 4 is 17.4 Å². The molecular formula is C13H16N2O2. The quantitative estimate of drug-likeness (QED) is 0.771. The van der Waals surface area contributed by atoms with Crippen molar-refractivity contribution < 1.29 is 9.59 Å². The van der Waals surface area contributed by atoms with Crippen LogP contribution in [-0.2, 0) is 11.2 Å². The molecule has 4 nitrogen and oxygen atoms in total. The number of rotatable bonds is 4. The van der Waals surface area contributed by atoms with Gasteiger partial charge in [-0.15, -0.1) is 0 Å². The van der Waals surface area contributed by atoms with E-state index in [4.69, 9.17) is 0 Å². The molecule has 1 atom stereocenters. The molecule has 0 aromatic heterocycles. The number of nitrogens with one attached hydrogen (secondary N) is 2. The molecule has 0 radical (unpaired) electrons. The Bertz CT molecular complexity index is 464. The van der Waals surface area contributed by atoms with Crippen molar-refractivity contribution in [3.63, 3.8) is 0 Å². The third-order valence-corrected chi connectivity index (χ3v) is 3.09. The zero-order valence-electron chi connectivity index (χ0n) is 10.0. The number of ketones is 1. The lowest BCUT2D eigenvalue weighted by Crippen LogP contribution is -2.33. The normalized spacial score (nSPS) is 15.3. The first-order valence-corrected chi connectivity index (χ1v) is 5.80. The van der Waals surface area contributed by atoms with Crippen LogP contribution in [0.1, 0.15) is 29.3 Å². The van der Waals surface area contributed by atoms with E-state index in [0.29, 0.717) is 12.0 Å². The van der Waals surface area contributed by atoms with E-state index >= 15 is 0 Å². The van der Waals surface area contributed by atoms with Gasteiger partial charge in [-0.1, -0.05) is 6.92 Å². The Morgan fingerprint density at radius 2 is 2.29 bits per heavy atom. The number of carbonyl (C=O) groups is 2. The topological polar surface area (TPSA) is 58.2 Å². The van der Waals surface area contributed by atoms with Gasteiger partial charge in [0.05, 0.1) is 12.5 Å². The highest BCUT2D eigenvalue weighted by Crippen LogP contribution is 2.24. The maximum absolute atomic E-state index is 12.1. The van der Waals surface area contributed by atoms with E-state index in [9.17, 15) is 9.59 Å². The highest BCUT2D eigenvalue weighted by Gasteiger charge is 2.21. The van der Waals surface area contributed by atoms with E-state index in [0.717, 1.165) is 17.7 Å². The first-order chi connectivity index (χ1) is 8.15. The van der Waals surface area contributed by atoms with Crippen molar-refractivity contribution in [2.24, 2.45) is 0 Å². The predicted molar refractivity (Wildman–Crippen MR) is 66.2 cm³/mol. The first kappa shape index (κ1) is 11.8. The molecule has 0 aliphatic carbocycles. The monoisotopic (exact) mass is 232 g/mol. The van der Waals surface area contributed by atoms with E-state index in [2.05, 4.69) is 10.6 Å². The van der Waals surface area contributed by atoms with Gasteiger partial charge in [-0.05, 0) is 37.2 Å². The largest absolute Gasteiger partial charge is 0.326 e. The predicted octanol–water partition coefficient (Wildman–Crippen LogP) is 1.36. The molecule has 0 fully saturated rings. The Labute approximate surface area is 100 Å². The molecule has 90 valence electrons. The summed E-state index contributed by atoms with van der Waals surface area (Å²) < 4.78 is 0. The Balaban J connectivity index is 2.27. The summed E-state index contributed by atoms with van der Waals surface area (Å²) in [5, 5.41) is 5.75. The molecular weight excluding hydrogens is 216 g/mol.